The Balaban J connectivity index is 0.000000401. The van der Waals surface area contributed by atoms with Crippen molar-refractivity contribution in [2.75, 3.05) is 12.3 Å². The number of hydrogen-bond donors (Lipinski definition) is 2. The highest BCUT2D eigenvalue weighted by Crippen LogP contribution is 2.11. The fourth-order valence-corrected chi connectivity index (χ4v) is 3.12. The topological polar surface area (TPSA) is 80.4 Å². The van der Waals surface area contributed by atoms with Gasteiger partial charge in [0.15, 0.2) is 0 Å². The molecular formula is C15H25NO3S3. The molecule has 3 N–H and O–H groups in total. The number of aryl methyl sites for hydroxylation is 1. The van der Waals surface area contributed by atoms with Gasteiger partial charge in [0.1, 0.15) is 0 Å². The fraction of sp³-hybridized carbons (Fsp3) is 0.533. The van der Waals surface area contributed by atoms with E-state index in [0.717, 1.165) is 34.9 Å². The molecule has 0 aliphatic heterocycles. The van der Waals surface area contributed by atoms with E-state index in [1.165, 1.54) is 25.0 Å². The molecule has 1 rings (SSSR count). The molecule has 22 heavy (non-hydrogen) atoms. The average molecular weight is 364 g/mol. The average Bonchev–Trinajstić information content (AvgIpc) is 2.44. The summed E-state index contributed by atoms with van der Waals surface area (Å²) in [6.07, 6.45) is 4.66. The SMILES string of the molecule is CCSC(=S)CCCCCN.Cc1ccc(S(=O)(=O)O)cc1. The van der Waals surface area contributed by atoms with Gasteiger partial charge in [-0.05, 0) is 50.6 Å². The van der Waals surface area contributed by atoms with E-state index in [-0.39, 0.29) is 4.90 Å². The summed E-state index contributed by atoms with van der Waals surface area (Å²) >= 11 is 6.92. The highest BCUT2D eigenvalue weighted by Gasteiger charge is 2.06. The summed E-state index contributed by atoms with van der Waals surface area (Å²) in [5, 5.41) is 0. The Morgan fingerprint density at radius 3 is 2.27 bits per heavy atom. The van der Waals surface area contributed by atoms with Crippen LogP contribution in [-0.2, 0) is 10.1 Å². The van der Waals surface area contributed by atoms with Gasteiger partial charge in [-0.2, -0.15) is 8.42 Å². The van der Waals surface area contributed by atoms with Gasteiger partial charge in [0.05, 0.1) is 4.90 Å². The lowest BCUT2D eigenvalue weighted by Crippen LogP contribution is -1.98. The highest BCUT2D eigenvalue weighted by molar-refractivity contribution is 8.23. The second-order valence-electron chi connectivity index (χ2n) is 4.69. The van der Waals surface area contributed by atoms with Crippen LogP contribution in [0.15, 0.2) is 29.2 Å². The van der Waals surface area contributed by atoms with Crippen LogP contribution in [0.5, 0.6) is 0 Å². The van der Waals surface area contributed by atoms with Crippen molar-refractivity contribution in [3.8, 4) is 0 Å². The van der Waals surface area contributed by atoms with Gasteiger partial charge in [0.2, 0.25) is 0 Å². The van der Waals surface area contributed by atoms with E-state index >= 15 is 0 Å². The van der Waals surface area contributed by atoms with Crippen LogP contribution in [0.2, 0.25) is 0 Å². The van der Waals surface area contributed by atoms with Gasteiger partial charge in [0.25, 0.3) is 10.1 Å². The molecule has 0 heterocycles. The minimum absolute atomic E-state index is 0.0666. The lowest BCUT2D eigenvalue weighted by atomic mass is 10.2. The fourth-order valence-electron chi connectivity index (χ4n) is 1.53. The number of hydrogen-bond acceptors (Lipinski definition) is 5. The summed E-state index contributed by atoms with van der Waals surface area (Å²) in [6.45, 7) is 4.79. The van der Waals surface area contributed by atoms with E-state index in [9.17, 15) is 8.42 Å². The van der Waals surface area contributed by atoms with E-state index < -0.39 is 10.1 Å². The molecule has 0 aliphatic carbocycles. The Morgan fingerprint density at radius 2 is 1.82 bits per heavy atom. The molecule has 0 amide bonds. The molecule has 1 aromatic carbocycles. The maximum absolute atomic E-state index is 10.5. The van der Waals surface area contributed by atoms with Gasteiger partial charge in [-0.3, -0.25) is 4.55 Å². The van der Waals surface area contributed by atoms with Gasteiger partial charge in [-0.1, -0.05) is 43.3 Å². The van der Waals surface area contributed by atoms with Crippen molar-refractivity contribution in [3.63, 3.8) is 0 Å². The molecule has 0 atom stereocenters. The van der Waals surface area contributed by atoms with Crippen molar-refractivity contribution >= 4 is 38.3 Å². The minimum atomic E-state index is -4.02. The van der Waals surface area contributed by atoms with Crippen molar-refractivity contribution in [1.82, 2.24) is 0 Å². The molecule has 0 spiro atoms. The summed E-state index contributed by atoms with van der Waals surface area (Å²) in [6, 6.07) is 5.99. The monoisotopic (exact) mass is 363 g/mol. The van der Waals surface area contributed by atoms with Gasteiger partial charge >= 0.3 is 0 Å². The molecule has 0 radical (unpaired) electrons. The minimum Gasteiger partial charge on any atom is -0.330 e. The molecule has 0 unspecified atom stereocenters. The number of rotatable bonds is 7. The Hall–Kier alpha value is -0.470. The maximum atomic E-state index is 10.5. The van der Waals surface area contributed by atoms with Crippen LogP contribution in [0.1, 0.15) is 38.2 Å². The van der Waals surface area contributed by atoms with Crippen LogP contribution in [-0.4, -0.2) is 29.5 Å². The van der Waals surface area contributed by atoms with Crippen LogP contribution in [0.25, 0.3) is 0 Å². The van der Waals surface area contributed by atoms with Crippen LogP contribution >= 0.6 is 24.0 Å². The largest absolute Gasteiger partial charge is 0.330 e. The third-order valence-corrected chi connectivity index (χ3v) is 4.95. The molecule has 0 aromatic heterocycles. The second-order valence-corrected chi connectivity index (χ2v) is 8.22. The molecule has 0 aliphatic rings. The molecule has 0 bridgehead atoms. The third kappa shape index (κ3) is 11.1. The number of unbranched alkanes of at least 4 members (excludes halogenated alkanes) is 2. The number of thiocarbonyl (C=S) groups is 1. The van der Waals surface area contributed by atoms with E-state index in [1.54, 1.807) is 23.9 Å². The van der Waals surface area contributed by atoms with Gasteiger partial charge in [0, 0.05) is 4.20 Å². The van der Waals surface area contributed by atoms with Crippen molar-refractivity contribution in [3.05, 3.63) is 29.8 Å². The van der Waals surface area contributed by atoms with Crippen LogP contribution in [0, 0.1) is 6.92 Å². The van der Waals surface area contributed by atoms with Gasteiger partial charge < -0.3 is 5.73 Å². The lowest BCUT2D eigenvalue weighted by molar-refractivity contribution is 0.483. The molecule has 4 nitrogen and oxygen atoms in total. The van der Waals surface area contributed by atoms with E-state index in [2.05, 4.69) is 6.92 Å². The van der Waals surface area contributed by atoms with Crippen LogP contribution < -0.4 is 5.73 Å². The first kappa shape index (κ1) is 21.5. The molecular weight excluding hydrogens is 338 g/mol. The Labute approximate surface area is 143 Å². The molecule has 7 heteroatoms. The molecule has 126 valence electrons. The van der Waals surface area contributed by atoms with Crippen LogP contribution in [0.3, 0.4) is 0 Å². The predicted molar refractivity (Wildman–Crippen MR) is 99.2 cm³/mol. The summed E-state index contributed by atoms with van der Waals surface area (Å²) < 4.78 is 30.7. The number of benzene rings is 1. The Bertz CT molecular complexity index is 527. The first-order valence-corrected chi connectivity index (χ1v) is 10.0. The summed E-state index contributed by atoms with van der Waals surface area (Å²) in [7, 11) is -4.02. The Kier molecular flexibility index (Phi) is 11.8. The van der Waals surface area contributed by atoms with Crippen molar-refractivity contribution in [2.45, 2.75) is 44.4 Å². The van der Waals surface area contributed by atoms with Gasteiger partial charge in [-0.25, -0.2) is 0 Å². The van der Waals surface area contributed by atoms with Crippen molar-refractivity contribution in [2.24, 2.45) is 5.73 Å². The second kappa shape index (κ2) is 12.0. The number of thioether (sulfide) groups is 1. The summed E-state index contributed by atoms with van der Waals surface area (Å²) in [4.78, 5) is -0.0666. The van der Waals surface area contributed by atoms with Crippen molar-refractivity contribution < 1.29 is 13.0 Å². The third-order valence-electron chi connectivity index (χ3n) is 2.71. The zero-order chi connectivity index (χ0) is 17.0. The van der Waals surface area contributed by atoms with Crippen molar-refractivity contribution in [1.29, 1.82) is 0 Å². The molecule has 0 saturated carbocycles. The maximum Gasteiger partial charge on any atom is 0.294 e. The summed E-state index contributed by atoms with van der Waals surface area (Å²) in [5.41, 5.74) is 6.32. The van der Waals surface area contributed by atoms with E-state index in [0.29, 0.717) is 0 Å². The molecule has 1 aromatic rings. The molecule has 0 saturated heterocycles. The van der Waals surface area contributed by atoms with E-state index in [1.807, 2.05) is 6.92 Å². The lowest BCUT2D eigenvalue weighted by Gasteiger charge is -2.00. The first-order valence-electron chi connectivity index (χ1n) is 7.21. The summed E-state index contributed by atoms with van der Waals surface area (Å²) in [5.74, 6) is 1.11. The molecule has 0 fully saturated rings. The predicted octanol–water partition coefficient (Wildman–Crippen LogP) is 3.83. The zero-order valence-corrected chi connectivity index (χ0v) is 15.6. The van der Waals surface area contributed by atoms with Crippen LogP contribution in [0.4, 0.5) is 0 Å². The van der Waals surface area contributed by atoms with Gasteiger partial charge in [-0.15, -0.1) is 11.8 Å². The Morgan fingerprint density at radius 1 is 1.23 bits per heavy atom. The number of nitrogens with two attached hydrogens (primary N) is 1. The standard InChI is InChI=1S/C8H17NS2.C7H8O3S/c1-2-11-8(10)6-4-3-5-7-9;1-6-2-4-7(5-3-6)11(8,9)10/h2-7,9H2,1H3;2-5H,1H3,(H,8,9,10). The highest BCUT2D eigenvalue weighted by atomic mass is 32.2. The smallest absolute Gasteiger partial charge is 0.294 e. The first-order chi connectivity index (χ1) is 10.3. The normalized spacial score (nSPS) is 10.7. The van der Waals surface area contributed by atoms with E-state index in [4.69, 9.17) is 22.5 Å². The zero-order valence-electron chi connectivity index (χ0n) is 13.1. The quantitative estimate of drug-likeness (QED) is 0.435.